The van der Waals surface area contributed by atoms with Crippen LogP contribution in [0.1, 0.15) is 120 Å². The number of rotatable bonds is 1. The van der Waals surface area contributed by atoms with Crippen LogP contribution in [0.5, 0.6) is 0 Å². The lowest BCUT2D eigenvalue weighted by molar-refractivity contribution is -0.213. The Labute approximate surface area is 225 Å². The van der Waals surface area contributed by atoms with E-state index in [-0.39, 0.29) is 45.2 Å². The van der Waals surface area contributed by atoms with E-state index in [0.29, 0.717) is 11.8 Å². The highest BCUT2D eigenvalue weighted by Crippen LogP contribution is 2.76. The van der Waals surface area contributed by atoms with Gasteiger partial charge < -0.3 is 14.6 Å². The minimum Gasteiger partial charge on any atom is -0.481 e. The van der Waals surface area contributed by atoms with Crippen LogP contribution in [0.25, 0.3) is 0 Å². The molecule has 1 saturated heterocycles. The topological polar surface area (TPSA) is 55.8 Å². The zero-order valence-corrected chi connectivity index (χ0v) is 25.0. The smallest absolute Gasteiger partial charge is 0.310 e. The molecule has 9 atom stereocenters. The molecule has 0 aromatic heterocycles. The minimum absolute atomic E-state index is 0.0637. The van der Waals surface area contributed by atoms with Crippen molar-refractivity contribution in [1.82, 2.24) is 0 Å². The van der Waals surface area contributed by atoms with Crippen LogP contribution in [0.4, 0.5) is 0 Å². The van der Waals surface area contributed by atoms with Crippen molar-refractivity contribution in [3.05, 3.63) is 11.6 Å². The average Bonchev–Trinajstić information content (AvgIpc) is 3.08. The van der Waals surface area contributed by atoms with Crippen molar-refractivity contribution in [2.24, 2.45) is 50.2 Å². The number of aliphatic carboxylic acids is 1. The monoisotopic (exact) mass is 512 g/mol. The molecule has 4 saturated carbocycles. The van der Waals surface area contributed by atoms with E-state index in [1.54, 1.807) is 0 Å². The molecular formula is C33H52O4. The fraction of sp³-hybridized carbons (Fsp3) is 0.909. The Morgan fingerprint density at radius 2 is 1.54 bits per heavy atom. The highest BCUT2D eigenvalue weighted by Gasteiger charge is 2.71. The van der Waals surface area contributed by atoms with E-state index in [2.05, 4.69) is 68.4 Å². The van der Waals surface area contributed by atoms with Crippen LogP contribution in [0, 0.1) is 50.2 Å². The third-order valence-corrected chi connectivity index (χ3v) is 13.8. The van der Waals surface area contributed by atoms with Gasteiger partial charge in [0.05, 0.1) is 17.6 Å². The molecule has 5 fully saturated rings. The maximum absolute atomic E-state index is 12.9. The molecule has 0 radical (unpaired) electrons. The largest absolute Gasteiger partial charge is 0.481 e. The first-order chi connectivity index (χ1) is 16.9. The van der Waals surface area contributed by atoms with Gasteiger partial charge in [0.25, 0.3) is 0 Å². The lowest BCUT2D eigenvalue weighted by Gasteiger charge is -2.71. The standard InChI is InChI=1S/C33H52O4/c1-27(2)14-16-33(26(34)35)17-15-31(8)20(21(33)18-27)10-11-24-30(7)19-22-25(37-29(5,6)36-22)28(3,4)23(30)12-13-32(24,31)9/h10,21-25H,11-19H2,1-9H3,(H,34,35)/t21-,22+,23-,24+,25-,30-,31+,32+,33-/m0/s1. The summed E-state index contributed by atoms with van der Waals surface area (Å²) in [7, 11) is 0. The summed E-state index contributed by atoms with van der Waals surface area (Å²) in [4.78, 5) is 12.9. The summed E-state index contributed by atoms with van der Waals surface area (Å²) < 4.78 is 13.1. The molecule has 208 valence electrons. The number of hydrogen-bond acceptors (Lipinski definition) is 3. The van der Waals surface area contributed by atoms with Crippen molar-refractivity contribution >= 4 is 5.97 Å². The maximum Gasteiger partial charge on any atom is 0.310 e. The van der Waals surface area contributed by atoms with Gasteiger partial charge in [0.15, 0.2) is 5.79 Å². The van der Waals surface area contributed by atoms with Crippen molar-refractivity contribution < 1.29 is 19.4 Å². The second-order valence-electron chi connectivity index (χ2n) is 16.8. The molecule has 0 amide bonds. The number of carboxylic acids is 1. The summed E-state index contributed by atoms with van der Waals surface area (Å²) >= 11 is 0. The molecule has 1 aliphatic heterocycles. The van der Waals surface area contributed by atoms with Gasteiger partial charge in [-0.05, 0) is 116 Å². The SMILES string of the molecule is CC1(C)CC[C@]2(C(=O)O)CC[C@]3(C)C(=CC[C@@H]4[C@@]5(C)C[C@H]6OC(C)(C)O[C@@H]6C(C)(C)[C@@H]5CC[C@]43C)[C@@H]2C1. The average molecular weight is 513 g/mol. The predicted molar refractivity (Wildman–Crippen MR) is 146 cm³/mol. The molecule has 5 aliphatic carbocycles. The van der Waals surface area contributed by atoms with Crippen LogP contribution in [0.3, 0.4) is 0 Å². The molecular weight excluding hydrogens is 460 g/mol. The zero-order valence-electron chi connectivity index (χ0n) is 25.0. The molecule has 4 heteroatoms. The number of carbonyl (C=O) groups is 1. The summed E-state index contributed by atoms with van der Waals surface area (Å²) in [5, 5.41) is 10.6. The summed E-state index contributed by atoms with van der Waals surface area (Å²) in [6.07, 6.45) is 12.2. The Morgan fingerprint density at radius 3 is 2.22 bits per heavy atom. The first-order valence-electron chi connectivity index (χ1n) is 15.2. The number of hydrogen-bond donors (Lipinski definition) is 1. The summed E-state index contributed by atoms with van der Waals surface area (Å²) in [5.74, 6) is 0.304. The first kappa shape index (κ1) is 26.4. The summed E-state index contributed by atoms with van der Waals surface area (Å²) in [6, 6.07) is 0. The van der Waals surface area contributed by atoms with Gasteiger partial charge in [-0.15, -0.1) is 0 Å². The van der Waals surface area contributed by atoms with Gasteiger partial charge in [0, 0.05) is 0 Å². The van der Waals surface area contributed by atoms with Crippen LogP contribution in [0.2, 0.25) is 0 Å². The van der Waals surface area contributed by atoms with Crippen LogP contribution in [-0.4, -0.2) is 29.1 Å². The predicted octanol–water partition coefficient (Wildman–Crippen LogP) is 8.00. The molecule has 0 bridgehead atoms. The van der Waals surface area contributed by atoms with E-state index in [1.165, 1.54) is 18.4 Å². The van der Waals surface area contributed by atoms with Gasteiger partial charge in [0.2, 0.25) is 0 Å². The van der Waals surface area contributed by atoms with E-state index < -0.39 is 17.2 Å². The fourth-order valence-electron chi connectivity index (χ4n) is 11.7. The Hall–Kier alpha value is -0.870. The highest BCUT2D eigenvalue weighted by atomic mass is 16.8. The minimum atomic E-state index is -0.564. The lowest BCUT2D eigenvalue weighted by Crippen LogP contribution is -2.66. The maximum atomic E-state index is 12.9. The van der Waals surface area contributed by atoms with Crippen LogP contribution in [0.15, 0.2) is 11.6 Å². The van der Waals surface area contributed by atoms with E-state index in [9.17, 15) is 9.90 Å². The van der Waals surface area contributed by atoms with E-state index in [1.807, 2.05) is 0 Å². The molecule has 6 rings (SSSR count). The molecule has 0 aromatic rings. The fourth-order valence-corrected chi connectivity index (χ4v) is 11.7. The molecule has 1 heterocycles. The normalized spacial score (nSPS) is 53.0. The van der Waals surface area contributed by atoms with Crippen molar-refractivity contribution in [2.45, 2.75) is 138 Å². The number of allylic oxidation sites excluding steroid dienone is 2. The molecule has 4 nitrogen and oxygen atoms in total. The van der Waals surface area contributed by atoms with Crippen LogP contribution < -0.4 is 0 Å². The molecule has 0 aromatic carbocycles. The Bertz CT molecular complexity index is 1040. The summed E-state index contributed by atoms with van der Waals surface area (Å²) in [6.45, 7) is 21.5. The Balaban J connectivity index is 1.43. The van der Waals surface area contributed by atoms with Gasteiger partial charge >= 0.3 is 5.97 Å². The lowest BCUT2D eigenvalue weighted by atomic mass is 9.33. The van der Waals surface area contributed by atoms with Crippen molar-refractivity contribution in [3.8, 4) is 0 Å². The van der Waals surface area contributed by atoms with Gasteiger partial charge in [-0.3, -0.25) is 4.79 Å². The molecule has 0 unspecified atom stereocenters. The zero-order chi connectivity index (χ0) is 27.0. The number of ether oxygens (including phenoxy) is 2. The second-order valence-corrected chi connectivity index (χ2v) is 16.8. The number of fused-ring (bicyclic) bond motifs is 8. The van der Waals surface area contributed by atoms with E-state index in [4.69, 9.17) is 9.47 Å². The molecule has 6 aliphatic rings. The molecule has 1 N–H and O–H groups in total. The van der Waals surface area contributed by atoms with Crippen molar-refractivity contribution in [1.29, 1.82) is 0 Å². The second kappa shape index (κ2) is 7.45. The third kappa shape index (κ3) is 3.24. The van der Waals surface area contributed by atoms with Crippen LogP contribution >= 0.6 is 0 Å². The Morgan fingerprint density at radius 1 is 0.865 bits per heavy atom. The quantitative estimate of drug-likeness (QED) is 0.362. The van der Waals surface area contributed by atoms with Crippen molar-refractivity contribution in [3.63, 3.8) is 0 Å². The third-order valence-electron chi connectivity index (χ3n) is 13.8. The molecule has 0 spiro atoms. The Kier molecular flexibility index (Phi) is 5.30. The number of carboxylic acid groups (broad SMARTS) is 1. The van der Waals surface area contributed by atoms with Gasteiger partial charge in [0.1, 0.15) is 0 Å². The van der Waals surface area contributed by atoms with Crippen molar-refractivity contribution in [2.75, 3.05) is 0 Å². The van der Waals surface area contributed by atoms with E-state index >= 15 is 0 Å². The highest BCUT2D eigenvalue weighted by molar-refractivity contribution is 5.76. The first-order valence-corrected chi connectivity index (χ1v) is 15.2. The van der Waals surface area contributed by atoms with Gasteiger partial charge in [-0.1, -0.05) is 60.1 Å². The van der Waals surface area contributed by atoms with E-state index in [0.717, 1.165) is 44.9 Å². The van der Waals surface area contributed by atoms with Gasteiger partial charge in [-0.25, -0.2) is 0 Å². The van der Waals surface area contributed by atoms with Gasteiger partial charge in [-0.2, -0.15) is 0 Å². The molecule has 37 heavy (non-hydrogen) atoms. The summed E-state index contributed by atoms with van der Waals surface area (Å²) in [5.41, 5.74) is 1.64. The van der Waals surface area contributed by atoms with Crippen LogP contribution in [-0.2, 0) is 14.3 Å².